The van der Waals surface area contributed by atoms with E-state index in [0.29, 0.717) is 34.9 Å². The van der Waals surface area contributed by atoms with Gasteiger partial charge >= 0.3 is 6.09 Å². The first-order valence-electron chi connectivity index (χ1n) is 11.8. The number of hydrogen-bond donors (Lipinski definition) is 2. The van der Waals surface area contributed by atoms with Crippen LogP contribution >= 0.6 is 11.6 Å². The van der Waals surface area contributed by atoms with Gasteiger partial charge in [-0.15, -0.1) is 0 Å². The first-order chi connectivity index (χ1) is 17.0. The molecule has 1 amide bonds. The predicted octanol–water partition coefficient (Wildman–Crippen LogP) is 4.44. The van der Waals surface area contributed by atoms with Gasteiger partial charge in [0, 0.05) is 33.6 Å². The fourth-order valence-electron chi connectivity index (χ4n) is 3.76. The maximum atomic E-state index is 14.6. The third kappa shape index (κ3) is 6.07. The van der Waals surface area contributed by atoms with Gasteiger partial charge in [0.05, 0.1) is 35.4 Å². The van der Waals surface area contributed by atoms with E-state index in [1.165, 1.54) is 0 Å². The van der Waals surface area contributed by atoms with E-state index >= 15 is 0 Å². The normalized spacial score (nSPS) is 18.2. The van der Waals surface area contributed by atoms with E-state index in [4.69, 9.17) is 21.1 Å². The molecule has 2 atom stereocenters. The number of aromatic nitrogens is 5. The van der Waals surface area contributed by atoms with Crippen molar-refractivity contribution >= 4 is 48.4 Å². The summed E-state index contributed by atoms with van der Waals surface area (Å²) >= 11 is 6.54. The summed E-state index contributed by atoms with van der Waals surface area (Å²) in [6.45, 7) is 9.95. The molecule has 0 saturated carbocycles. The molecule has 11 nitrogen and oxygen atoms in total. The highest BCUT2D eigenvalue weighted by molar-refractivity contribution is 6.76. The summed E-state index contributed by atoms with van der Waals surface area (Å²) in [5.74, 6) is 0.269. The second-order valence-electron chi connectivity index (χ2n) is 9.92. The number of aryl methyl sites for hydroxylation is 1. The van der Waals surface area contributed by atoms with Gasteiger partial charge in [-0.3, -0.25) is 4.68 Å². The van der Waals surface area contributed by atoms with E-state index in [-0.39, 0.29) is 31.6 Å². The van der Waals surface area contributed by atoms with Gasteiger partial charge in [-0.2, -0.15) is 15.1 Å². The van der Waals surface area contributed by atoms with Crippen LogP contribution in [-0.2, 0) is 18.0 Å². The molecule has 3 aromatic heterocycles. The van der Waals surface area contributed by atoms with Gasteiger partial charge in [-0.1, -0.05) is 31.2 Å². The molecule has 0 aromatic carbocycles. The minimum atomic E-state index is -1.50. The van der Waals surface area contributed by atoms with Gasteiger partial charge < -0.3 is 29.4 Å². The van der Waals surface area contributed by atoms with Crippen LogP contribution in [0.1, 0.15) is 6.92 Å². The molecule has 0 aliphatic carbocycles. The molecule has 1 saturated heterocycles. The lowest BCUT2D eigenvalue weighted by molar-refractivity contribution is 0.0898. The number of anilines is 2. The van der Waals surface area contributed by atoms with E-state index < -0.39 is 26.4 Å². The highest BCUT2D eigenvalue weighted by atomic mass is 35.5. The molecule has 4 rings (SSSR count). The maximum absolute atomic E-state index is 14.6. The number of rotatable bonds is 10. The van der Waals surface area contributed by atoms with E-state index in [0.717, 1.165) is 10.9 Å². The van der Waals surface area contributed by atoms with E-state index in [9.17, 15) is 14.3 Å². The van der Waals surface area contributed by atoms with Crippen molar-refractivity contribution in [3.05, 3.63) is 23.6 Å². The van der Waals surface area contributed by atoms with Crippen molar-refractivity contribution in [1.82, 2.24) is 29.2 Å². The summed E-state index contributed by atoms with van der Waals surface area (Å²) in [7, 11) is -1.25. The zero-order chi connectivity index (χ0) is 26.0. The average Bonchev–Trinajstić information content (AvgIpc) is 3.49. The highest BCUT2D eigenvalue weighted by Crippen LogP contribution is 2.35. The number of ether oxygens (including phenoxy) is 2. The topological polar surface area (TPSA) is 120 Å². The van der Waals surface area contributed by atoms with Gasteiger partial charge in [0.2, 0.25) is 11.8 Å². The molecule has 14 heteroatoms. The van der Waals surface area contributed by atoms with Crippen molar-refractivity contribution in [3.8, 4) is 5.88 Å². The number of carbonyl (C=O) groups is 1. The Balaban J connectivity index is 1.65. The Morgan fingerprint density at radius 3 is 2.72 bits per heavy atom. The van der Waals surface area contributed by atoms with Crippen molar-refractivity contribution in [3.63, 3.8) is 0 Å². The Bertz CT molecular complexity index is 1230. The number of halogens is 2. The molecule has 2 N–H and O–H groups in total. The molecule has 4 heterocycles. The molecule has 1 aliphatic rings. The van der Waals surface area contributed by atoms with Crippen molar-refractivity contribution < 1.29 is 23.8 Å². The first-order valence-corrected chi connectivity index (χ1v) is 15.8. The number of fused-ring (bicyclic) bond motifs is 1. The van der Waals surface area contributed by atoms with Gasteiger partial charge in [0.25, 0.3) is 0 Å². The van der Waals surface area contributed by atoms with E-state index in [1.54, 1.807) is 27.8 Å². The number of likely N-dealkylation sites (tertiary alicyclic amines) is 1. The van der Waals surface area contributed by atoms with Gasteiger partial charge in [0.15, 0.2) is 17.9 Å². The zero-order valence-corrected chi connectivity index (χ0v) is 22.5. The summed E-state index contributed by atoms with van der Waals surface area (Å²) in [5.41, 5.74) is 1.12. The molecule has 0 unspecified atom stereocenters. The molecule has 0 spiro atoms. The maximum Gasteiger partial charge on any atom is 0.407 e. The van der Waals surface area contributed by atoms with Crippen molar-refractivity contribution in [2.24, 2.45) is 0 Å². The number of amides is 1. The largest absolute Gasteiger partial charge is 0.469 e. The Kier molecular flexibility index (Phi) is 7.71. The Morgan fingerprint density at radius 2 is 2.08 bits per heavy atom. The molecule has 1 aliphatic heterocycles. The Hall–Kier alpha value is -2.90. The van der Waals surface area contributed by atoms with Crippen molar-refractivity contribution in [1.29, 1.82) is 0 Å². The predicted molar refractivity (Wildman–Crippen MR) is 137 cm³/mol. The van der Waals surface area contributed by atoms with Crippen molar-refractivity contribution in [2.45, 2.75) is 58.2 Å². The minimum Gasteiger partial charge on any atom is -0.469 e. The van der Waals surface area contributed by atoms with Crippen LogP contribution in [0.3, 0.4) is 0 Å². The molecular weight excluding hydrogens is 509 g/mol. The van der Waals surface area contributed by atoms with Crippen LogP contribution < -0.4 is 10.1 Å². The molecule has 0 bridgehead atoms. The number of nitrogens with one attached hydrogen (secondary N) is 1. The molecule has 36 heavy (non-hydrogen) atoms. The lowest BCUT2D eigenvalue weighted by atomic mass is 10.3. The number of alkyl halides is 1. The highest BCUT2D eigenvalue weighted by Gasteiger charge is 2.38. The summed E-state index contributed by atoms with van der Waals surface area (Å²) in [5, 5.41) is 17.3. The minimum absolute atomic E-state index is 0.0659. The molecule has 196 valence electrons. The molecule has 3 aromatic rings. The monoisotopic (exact) mass is 539 g/mol. The lowest BCUT2D eigenvalue weighted by Crippen LogP contribution is -2.30. The average molecular weight is 540 g/mol. The van der Waals surface area contributed by atoms with Crippen LogP contribution in [0.25, 0.3) is 11.0 Å². The van der Waals surface area contributed by atoms with Crippen LogP contribution in [0.2, 0.25) is 30.7 Å². The number of hydrogen-bond acceptors (Lipinski definition) is 7. The molecular formula is C22H31ClFN7O4Si. The SMILES string of the molecule is CCn1cc(Nc2nc(O[C@H]3CN(C(=O)O)C[C@H]3F)c3c(Cl)cn(COCC[Si](C)(C)C)c3n2)cn1. The van der Waals surface area contributed by atoms with Gasteiger partial charge in [-0.05, 0) is 13.0 Å². The first kappa shape index (κ1) is 26.2. The van der Waals surface area contributed by atoms with Gasteiger partial charge in [0.1, 0.15) is 6.73 Å². The fraction of sp³-hybridized carbons (Fsp3) is 0.545. The quantitative estimate of drug-likeness (QED) is 0.287. The molecule has 0 radical (unpaired) electrons. The Labute approximate surface area is 214 Å². The second kappa shape index (κ2) is 10.6. The molecule has 1 fully saturated rings. The fourth-order valence-corrected chi connectivity index (χ4v) is 4.80. The van der Waals surface area contributed by atoms with Crippen LogP contribution in [0.4, 0.5) is 20.8 Å². The summed E-state index contributed by atoms with van der Waals surface area (Å²) in [6, 6.07) is 1.01. The van der Waals surface area contributed by atoms with Crippen LogP contribution in [-0.4, -0.2) is 80.5 Å². The van der Waals surface area contributed by atoms with Gasteiger partial charge in [-0.25, -0.2) is 9.18 Å². The smallest absolute Gasteiger partial charge is 0.407 e. The number of nitrogens with zero attached hydrogens (tertiary/aromatic N) is 6. The summed E-state index contributed by atoms with van der Waals surface area (Å²) in [6.07, 6.45) is 1.39. The van der Waals surface area contributed by atoms with Crippen LogP contribution in [0.5, 0.6) is 5.88 Å². The summed E-state index contributed by atoms with van der Waals surface area (Å²) < 4.78 is 29.9. The van der Waals surface area contributed by atoms with E-state index in [2.05, 4.69) is 40.0 Å². The number of carboxylic acid groups (broad SMARTS) is 1. The second-order valence-corrected chi connectivity index (χ2v) is 15.9. The standard InChI is InChI=1S/C22H31ClFN7O4Si/c1-5-31-9-14(8-25-31)26-21-27-19-18(15(23)10-30(19)13-34-6-7-36(2,3)4)20(28-21)35-17-12-29(22(32)33)11-16(17)24/h8-10,16-17H,5-7,11-13H2,1-4H3,(H,32,33)(H,26,27,28)/t16-,17+/m1/s1. The Morgan fingerprint density at radius 1 is 1.31 bits per heavy atom. The van der Waals surface area contributed by atoms with Crippen LogP contribution in [0, 0.1) is 0 Å². The third-order valence-electron chi connectivity index (χ3n) is 5.81. The van der Waals surface area contributed by atoms with Crippen LogP contribution in [0.15, 0.2) is 18.6 Å². The van der Waals surface area contributed by atoms with E-state index in [1.807, 2.05) is 6.92 Å². The zero-order valence-electron chi connectivity index (χ0n) is 20.7. The third-order valence-corrected chi connectivity index (χ3v) is 7.80. The lowest BCUT2D eigenvalue weighted by Gasteiger charge is -2.17. The van der Waals surface area contributed by atoms with Crippen molar-refractivity contribution in [2.75, 3.05) is 25.0 Å². The summed E-state index contributed by atoms with van der Waals surface area (Å²) in [4.78, 5) is 21.4.